The number of ether oxygens (including phenoxy) is 1. The third-order valence-corrected chi connectivity index (χ3v) is 3.27. The second-order valence-corrected chi connectivity index (χ2v) is 4.70. The summed E-state index contributed by atoms with van der Waals surface area (Å²) in [6.07, 6.45) is 3.44. The van der Waals surface area contributed by atoms with Crippen LogP contribution in [0.4, 0.5) is 6.01 Å². The number of fused-ring (bicyclic) bond motifs is 1. The average molecular weight is 284 g/mol. The Morgan fingerprint density at radius 2 is 2.19 bits per heavy atom. The second-order valence-electron chi connectivity index (χ2n) is 4.70. The minimum Gasteiger partial charge on any atom is -0.480 e. The first-order valence-electron chi connectivity index (χ1n) is 6.57. The van der Waals surface area contributed by atoms with E-state index < -0.39 is 0 Å². The molecule has 1 atom stereocenters. The molecule has 0 saturated carbocycles. The maximum atomic E-state index is 5.81. The number of benzene rings is 1. The van der Waals surface area contributed by atoms with Crippen molar-refractivity contribution >= 4 is 6.01 Å². The molecule has 1 aliphatic heterocycles. The van der Waals surface area contributed by atoms with Gasteiger partial charge in [-0.1, -0.05) is 23.3 Å². The van der Waals surface area contributed by atoms with Crippen molar-refractivity contribution in [2.24, 2.45) is 0 Å². The van der Waals surface area contributed by atoms with Crippen LogP contribution in [0.2, 0.25) is 0 Å². The van der Waals surface area contributed by atoms with Gasteiger partial charge in [0.15, 0.2) is 12.5 Å². The summed E-state index contributed by atoms with van der Waals surface area (Å²) in [5.41, 5.74) is 1.91. The topological polar surface area (TPSA) is 86.2 Å². The number of nitrogens with one attached hydrogen (secondary N) is 1. The number of aromatic nitrogens is 3. The van der Waals surface area contributed by atoms with Gasteiger partial charge in [-0.25, -0.2) is 4.98 Å². The molecule has 3 aromatic rings. The summed E-state index contributed by atoms with van der Waals surface area (Å²) in [6, 6.07) is 8.25. The number of hydrogen-bond acceptors (Lipinski definition) is 7. The van der Waals surface area contributed by atoms with Gasteiger partial charge in [0.05, 0.1) is 12.2 Å². The second kappa shape index (κ2) is 4.93. The van der Waals surface area contributed by atoms with Crippen molar-refractivity contribution in [3.8, 4) is 5.75 Å². The molecular weight excluding hydrogens is 272 g/mol. The van der Waals surface area contributed by atoms with Gasteiger partial charge in [0.2, 0.25) is 0 Å². The van der Waals surface area contributed by atoms with Crippen LogP contribution in [0.5, 0.6) is 5.75 Å². The fourth-order valence-corrected chi connectivity index (χ4v) is 2.25. The molecule has 1 aliphatic rings. The van der Waals surface area contributed by atoms with E-state index in [1.54, 1.807) is 6.26 Å². The minimum atomic E-state index is -0.225. The Bertz CT molecular complexity index is 713. The summed E-state index contributed by atoms with van der Waals surface area (Å²) in [5.74, 6) is 1.34. The van der Waals surface area contributed by atoms with Crippen molar-refractivity contribution in [3.05, 3.63) is 54.1 Å². The molecule has 7 nitrogen and oxygen atoms in total. The molecule has 0 bridgehead atoms. The zero-order chi connectivity index (χ0) is 14.1. The van der Waals surface area contributed by atoms with Gasteiger partial charge in [-0.05, 0) is 11.6 Å². The molecule has 0 spiro atoms. The molecular formula is C14H12N4O3. The lowest BCUT2D eigenvalue weighted by molar-refractivity contribution is 0.199. The van der Waals surface area contributed by atoms with E-state index >= 15 is 0 Å². The van der Waals surface area contributed by atoms with Gasteiger partial charge in [0, 0.05) is 6.42 Å². The zero-order valence-electron chi connectivity index (χ0n) is 11.0. The van der Waals surface area contributed by atoms with E-state index in [0.717, 1.165) is 23.4 Å². The van der Waals surface area contributed by atoms with Crippen LogP contribution >= 0.6 is 0 Å². The highest BCUT2D eigenvalue weighted by atomic mass is 16.5. The van der Waals surface area contributed by atoms with Gasteiger partial charge >= 0.3 is 6.01 Å². The Labute approximate surface area is 120 Å². The van der Waals surface area contributed by atoms with Gasteiger partial charge < -0.3 is 18.9 Å². The van der Waals surface area contributed by atoms with Crippen molar-refractivity contribution in [2.75, 3.05) is 5.32 Å². The van der Waals surface area contributed by atoms with Crippen LogP contribution in [-0.4, -0.2) is 15.2 Å². The largest absolute Gasteiger partial charge is 0.480 e. The lowest BCUT2D eigenvalue weighted by Crippen LogP contribution is -2.03. The highest BCUT2D eigenvalue weighted by Crippen LogP contribution is 2.35. The van der Waals surface area contributed by atoms with Gasteiger partial charge in [-0.15, -0.1) is 5.10 Å². The standard InChI is InChI=1S/C14H12N4O3/c1-2-4-11-9(3-1)5-12(20-11)13-17-18-14(21-13)15-6-10-7-19-8-16-10/h1-4,7-8,12H,5-6H2,(H,15,18). The molecule has 1 N–H and O–H groups in total. The molecule has 1 aromatic carbocycles. The van der Waals surface area contributed by atoms with E-state index in [4.69, 9.17) is 13.6 Å². The number of rotatable bonds is 4. The molecule has 3 heterocycles. The van der Waals surface area contributed by atoms with Gasteiger partial charge in [-0.2, -0.15) is 0 Å². The number of nitrogens with zero attached hydrogens (tertiary/aromatic N) is 3. The first-order valence-corrected chi connectivity index (χ1v) is 6.57. The van der Waals surface area contributed by atoms with Crippen LogP contribution < -0.4 is 10.1 Å². The van der Waals surface area contributed by atoms with E-state index in [2.05, 4.69) is 20.5 Å². The molecule has 2 aromatic heterocycles. The monoisotopic (exact) mass is 284 g/mol. The van der Waals surface area contributed by atoms with E-state index in [9.17, 15) is 0 Å². The number of para-hydroxylation sites is 1. The normalized spacial score (nSPS) is 16.5. The Balaban J connectivity index is 1.44. The highest BCUT2D eigenvalue weighted by Gasteiger charge is 2.28. The van der Waals surface area contributed by atoms with Crippen LogP contribution in [-0.2, 0) is 13.0 Å². The van der Waals surface area contributed by atoms with E-state index in [-0.39, 0.29) is 6.10 Å². The SMILES string of the molecule is c1ccc2c(c1)CC(c1nnc(NCc3cocn3)o1)O2. The first-order chi connectivity index (χ1) is 10.4. The van der Waals surface area contributed by atoms with Crippen molar-refractivity contribution in [1.29, 1.82) is 0 Å². The number of hydrogen-bond donors (Lipinski definition) is 1. The van der Waals surface area contributed by atoms with Crippen molar-refractivity contribution in [1.82, 2.24) is 15.2 Å². The van der Waals surface area contributed by atoms with E-state index in [1.807, 2.05) is 24.3 Å². The summed E-state index contributed by atoms with van der Waals surface area (Å²) >= 11 is 0. The maximum Gasteiger partial charge on any atom is 0.315 e. The smallest absolute Gasteiger partial charge is 0.315 e. The van der Waals surface area contributed by atoms with E-state index in [1.165, 1.54) is 6.39 Å². The molecule has 1 unspecified atom stereocenters. The zero-order valence-corrected chi connectivity index (χ0v) is 11.0. The van der Waals surface area contributed by atoms with Gasteiger partial charge in [0.1, 0.15) is 12.0 Å². The summed E-state index contributed by atoms with van der Waals surface area (Å²) in [5, 5.41) is 11.0. The molecule has 106 valence electrons. The van der Waals surface area contributed by atoms with Crippen molar-refractivity contribution in [2.45, 2.75) is 19.1 Å². The van der Waals surface area contributed by atoms with Crippen LogP contribution in [0.1, 0.15) is 23.3 Å². The molecule has 4 rings (SSSR count). The lowest BCUT2D eigenvalue weighted by Gasteiger charge is -2.04. The summed E-state index contributed by atoms with van der Waals surface area (Å²) < 4.78 is 16.3. The highest BCUT2D eigenvalue weighted by molar-refractivity contribution is 5.38. The quantitative estimate of drug-likeness (QED) is 0.786. The lowest BCUT2D eigenvalue weighted by atomic mass is 10.1. The maximum absolute atomic E-state index is 5.81. The van der Waals surface area contributed by atoms with Crippen molar-refractivity contribution < 1.29 is 13.6 Å². The minimum absolute atomic E-state index is 0.225. The summed E-state index contributed by atoms with van der Waals surface area (Å²) in [6.45, 7) is 0.462. The van der Waals surface area contributed by atoms with Crippen LogP contribution in [0.3, 0.4) is 0 Å². The first kappa shape index (κ1) is 12.0. The molecule has 0 fully saturated rings. The Hall–Kier alpha value is -2.83. The van der Waals surface area contributed by atoms with E-state index in [0.29, 0.717) is 18.5 Å². The van der Waals surface area contributed by atoms with Crippen LogP contribution in [0.25, 0.3) is 0 Å². The van der Waals surface area contributed by atoms with Crippen LogP contribution in [0.15, 0.2) is 45.8 Å². The summed E-state index contributed by atoms with van der Waals surface area (Å²) in [4.78, 5) is 4.00. The molecule has 0 aliphatic carbocycles. The predicted octanol–water partition coefficient (Wildman–Crippen LogP) is 2.35. The third kappa shape index (κ3) is 2.33. The van der Waals surface area contributed by atoms with Crippen molar-refractivity contribution in [3.63, 3.8) is 0 Å². The average Bonchev–Trinajstić information content (AvgIpc) is 3.24. The fourth-order valence-electron chi connectivity index (χ4n) is 2.25. The Morgan fingerprint density at radius 3 is 3.05 bits per heavy atom. The molecule has 0 saturated heterocycles. The Kier molecular flexibility index (Phi) is 2.81. The van der Waals surface area contributed by atoms with Crippen LogP contribution in [0, 0.1) is 0 Å². The predicted molar refractivity (Wildman–Crippen MR) is 71.6 cm³/mol. The third-order valence-electron chi connectivity index (χ3n) is 3.27. The molecule has 0 amide bonds. The fraction of sp³-hybridized carbons (Fsp3) is 0.214. The Morgan fingerprint density at radius 1 is 1.24 bits per heavy atom. The number of anilines is 1. The van der Waals surface area contributed by atoms with Gasteiger partial charge in [0.25, 0.3) is 5.89 Å². The number of oxazole rings is 1. The molecule has 21 heavy (non-hydrogen) atoms. The summed E-state index contributed by atoms with van der Waals surface area (Å²) in [7, 11) is 0. The van der Waals surface area contributed by atoms with Gasteiger partial charge in [-0.3, -0.25) is 0 Å². The molecule has 7 heteroatoms. The molecule has 0 radical (unpaired) electrons.